The summed E-state index contributed by atoms with van der Waals surface area (Å²) in [4.78, 5) is 4.02. The van der Waals surface area contributed by atoms with Gasteiger partial charge in [0.1, 0.15) is 5.82 Å². The Kier molecular flexibility index (Phi) is 5.26. The quantitative estimate of drug-likeness (QED) is 0.859. The van der Waals surface area contributed by atoms with Crippen LogP contribution in [0.3, 0.4) is 0 Å². The molecule has 1 aromatic carbocycles. The molecule has 0 aliphatic carbocycles. The fourth-order valence-corrected chi connectivity index (χ4v) is 2.31. The second-order valence-electron chi connectivity index (χ2n) is 4.00. The van der Waals surface area contributed by atoms with Crippen molar-refractivity contribution in [2.45, 2.75) is 32.2 Å². The van der Waals surface area contributed by atoms with Crippen LogP contribution in [0.2, 0.25) is 0 Å². The van der Waals surface area contributed by atoms with Crippen LogP contribution in [-0.2, 0) is 16.7 Å². The van der Waals surface area contributed by atoms with Crippen LogP contribution < -0.4 is 0 Å². The van der Waals surface area contributed by atoms with Gasteiger partial charge in [-0.1, -0.05) is 18.2 Å². The molecule has 19 heavy (non-hydrogen) atoms. The number of benzene rings is 1. The minimum Gasteiger partial charge on any atom is -0.335 e. The molecule has 0 radical (unpaired) electrons. The summed E-state index contributed by atoms with van der Waals surface area (Å²) in [6.45, 7) is 6.76. The molecule has 0 saturated carbocycles. The lowest BCUT2D eigenvalue weighted by atomic mass is 10.2. The van der Waals surface area contributed by atoms with Crippen LogP contribution in [0.15, 0.2) is 41.6 Å². The van der Waals surface area contributed by atoms with Gasteiger partial charge in [-0.25, -0.2) is 4.98 Å². The van der Waals surface area contributed by atoms with E-state index in [1.807, 2.05) is 19.3 Å². The average molecular weight is 282 g/mol. The largest absolute Gasteiger partial charge is 0.335 e. The van der Waals surface area contributed by atoms with E-state index in [4.69, 9.17) is 4.55 Å². The first-order valence-electron chi connectivity index (χ1n) is 5.87. The maximum Gasteiger partial charge on any atom is 0.294 e. The van der Waals surface area contributed by atoms with Gasteiger partial charge in [-0.05, 0) is 32.4 Å². The fourth-order valence-electron chi connectivity index (χ4n) is 1.58. The first-order valence-corrected chi connectivity index (χ1v) is 7.31. The third-order valence-electron chi connectivity index (χ3n) is 2.64. The van der Waals surface area contributed by atoms with E-state index in [9.17, 15) is 8.42 Å². The number of aromatic nitrogens is 2. The van der Waals surface area contributed by atoms with Crippen LogP contribution in [0.1, 0.15) is 18.3 Å². The maximum atomic E-state index is 10.6. The summed E-state index contributed by atoms with van der Waals surface area (Å²) >= 11 is 0. The second kappa shape index (κ2) is 6.49. The van der Waals surface area contributed by atoms with Gasteiger partial charge in [0, 0.05) is 18.9 Å². The first-order chi connectivity index (χ1) is 8.86. The Morgan fingerprint density at radius 3 is 2.21 bits per heavy atom. The smallest absolute Gasteiger partial charge is 0.294 e. The molecule has 0 atom stereocenters. The van der Waals surface area contributed by atoms with Gasteiger partial charge in [-0.15, -0.1) is 0 Å². The molecule has 0 bridgehead atoms. The zero-order chi connectivity index (χ0) is 14.5. The molecule has 1 heterocycles. The van der Waals surface area contributed by atoms with E-state index in [1.165, 1.54) is 6.07 Å². The summed E-state index contributed by atoms with van der Waals surface area (Å²) in [5.41, 5.74) is 0.551. The van der Waals surface area contributed by atoms with E-state index in [0.717, 1.165) is 12.4 Å². The Bertz CT molecular complexity index is 633. The average Bonchev–Trinajstić information content (AvgIpc) is 2.74. The lowest BCUT2D eigenvalue weighted by Crippen LogP contribution is -1.99. The van der Waals surface area contributed by atoms with Crippen LogP contribution in [0.25, 0.3) is 0 Å². The maximum absolute atomic E-state index is 10.6. The Balaban J connectivity index is 0.000000200. The van der Waals surface area contributed by atoms with Gasteiger partial charge in [0.15, 0.2) is 0 Å². The predicted molar refractivity (Wildman–Crippen MR) is 73.6 cm³/mol. The monoisotopic (exact) mass is 282 g/mol. The number of rotatable bonds is 2. The Morgan fingerprint density at radius 2 is 1.89 bits per heavy atom. The third kappa shape index (κ3) is 4.50. The standard InChI is InChI=1S/C7H8O3S.C6H10N2/c1-6-4-2-3-5-7(6)11(8,9)10;1-3-8-5-4-7-6(8)2/h2-5H,1H3,(H,8,9,10);4-5H,3H2,1-2H3. The molecule has 104 valence electrons. The number of hydrogen-bond acceptors (Lipinski definition) is 3. The summed E-state index contributed by atoms with van der Waals surface area (Å²) in [6.07, 6.45) is 3.80. The number of imidazole rings is 1. The van der Waals surface area contributed by atoms with Gasteiger partial charge >= 0.3 is 0 Å². The lowest BCUT2D eigenvalue weighted by molar-refractivity contribution is 0.482. The minimum absolute atomic E-state index is 0.0278. The van der Waals surface area contributed by atoms with Crippen molar-refractivity contribution in [1.82, 2.24) is 9.55 Å². The number of hydrogen-bond donors (Lipinski definition) is 1. The van der Waals surface area contributed by atoms with E-state index in [-0.39, 0.29) is 4.90 Å². The van der Waals surface area contributed by atoms with Crippen molar-refractivity contribution in [1.29, 1.82) is 0 Å². The van der Waals surface area contributed by atoms with Crippen molar-refractivity contribution in [2.24, 2.45) is 0 Å². The molecule has 5 nitrogen and oxygen atoms in total. The van der Waals surface area contributed by atoms with E-state index in [1.54, 1.807) is 25.1 Å². The topological polar surface area (TPSA) is 72.2 Å². The Morgan fingerprint density at radius 1 is 1.26 bits per heavy atom. The molecule has 1 N–H and O–H groups in total. The Labute approximate surface area is 113 Å². The molecule has 0 saturated heterocycles. The van der Waals surface area contributed by atoms with Crippen LogP contribution in [0, 0.1) is 13.8 Å². The normalized spacial score (nSPS) is 10.7. The summed E-state index contributed by atoms with van der Waals surface area (Å²) in [6, 6.07) is 6.27. The SMILES string of the molecule is CCn1ccnc1C.Cc1ccccc1S(=O)(=O)O. The number of nitrogens with zero attached hydrogens (tertiary/aromatic N) is 2. The van der Waals surface area contributed by atoms with Crippen LogP contribution in [0.5, 0.6) is 0 Å². The van der Waals surface area contributed by atoms with E-state index in [2.05, 4.69) is 16.5 Å². The summed E-state index contributed by atoms with van der Waals surface area (Å²) in [7, 11) is -4.03. The van der Waals surface area contributed by atoms with E-state index >= 15 is 0 Å². The van der Waals surface area contributed by atoms with Crippen LogP contribution in [-0.4, -0.2) is 22.5 Å². The van der Waals surface area contributed by atoms with Gasteiger partial charge in [-0.2, -0.15) is 8.42 Å². The molecule has 2 aromatic rings. The highest BCUT2D eigenvalue weighted by atomic mass is 32.2. The summed E-state index contributed by atoms with van der Waals surface area (Å²) in [5, 5.41) is 0. The zero-order valence-corrected chi connectivity index (χ0v) is 12.1. The molecule has 0 spiro atoms. The predicted octanol–water partition coefficient (Wildman–Crippen LogP) is 2.45. The third-order valence-corrected chi connectivity index (χ3v) is 3.65. The van der Waals surface area contributed by atoms with E-state index < -0.39 is 10.1 Å². The van der Waals surface area contributed by atoms with Gasteiger partial charge in [0.25, 0.3) is 10.1 Å². The van der Waals surface area contributed by atoms with Gasteiger partial charge in [0.2, 0.25) is 0 Å². The highest BCUT2D eigenvalue weighted by Crippen LogP contribution is 2.12. The first kappa shape index (κ1) is 15.4. The summed E-state index contributed by atoms with van der Waals surface area (Å²) < 4.78 is 32.0. The van der Waals surface area contributed by atoms with Gasteiger partial charge in [0.05, 0.1) is 4.90 Å². The second-order valence-corrected chi connectivity index (χ2v) is 5.39. The molecule has 1 aromatic heterocycles. The van der Waals surface area contributed by atoms with Crippen LogP contribution in [0.4, 0.5) is 0 Å². The molecular weight excluding hydrogens is 264 g/mol. The van der Waals surface area contributed by atoms with Crippen molar-refractivity contribution in [2.75, 3.05) is 0 Å². The minimum atomic E-state index is -4.03. The highest BCUT2D eigenvalue weighted by molar-refractivity contribution is 7.85. The van der Waals surface area contributed by atoms with Crippen LogP contribution >= 0.6 is 0 Å². The van der Waals surface area contributed by atoms with Crippen molar-refractivity contribution < 1.29 is 13.0 Å². The molecule has 0 fully saturated rings. The summed E-state index contributed by atoms with van der Waals surface area (Å²) in [5.74, 6) is 1.09. The molecule has 0 unspecified atom stereocenters. The van der Waals surface area contributed by atoms with Crippen molar-refractivity contribution in [3.63, 3.8) is 0 Å². The molecule has 0 aliphatic heterocycles. The van der Waals surface area contributed by atoms with E-state index in [0.29, 0.717) is 5.56 Å². The highest BCUT2D eigenvalue weighted by Gasteiger charge is 2.10. The zero-order valence-electron chi connectivity index (χ0n) is 11.2. The Hall–Kier alpha value is -1.66. The lowest BCUT2D eigenvalue weighted by Gasteiger charge is -1.99. The molecule has 2 rings (SSSR count). The fraction of sp³-hybridized carbons (Fsp3) is 0.308. The van der Waals surface area contributed by atoms with Crippen molar-refractivity contribution in [3.8, 4) is 0 Å². The van der Waals surface area contributed by atoms with Gasteiger partial charge in [-0.3, -0.25) is 4.55 Å². The van der Waals surface area contributed by atoms with Crippen molar-refractivity contribution >= 4 is 10.1 Å². The van der Waals surface area contributed by atoms with Gasteiger partial charge < -0.3 is 4.57 Å². The molecule has 6 heteroatoms. The molecule has 0 amide bonds. The number of aryl methyl sites for hydroxylation is 3. The van der Waals surface area contributed by atoms with Crippen molar-refractivity contribution in [3.05, 3.63) is 48.0 Å². The molecular formula is C13H18N2O3S. The molecule has 0 aliphatic rings.